The van der Waals surface area contributed by atoms with Crippen LogP contribution in [-0.4, -0.2) is 48.2 Å². The zero-order valence-electron chi connectivity index (χ0n) is 12.2. The number of hydrogen-bond acceptors (Lipinski definition) is 3. The van der Waals surface area contributed by atoms with Crippen LogP contribution in [0.5, 0.6) is 0 Å². The molecule has 0 aromatic heterocycles. The van der Waals surface area contributed by atoms with Gasteiger partial charge in [0.2, 0.25) is 5.91 Å². The highest BCUT2D eigenvalue weighted by Gasteiger charge is 2.16. The summed E-state index contributed by atoms with van der Waals surface area (Å²) in [5.41, 5.74) is 0.974. The second-order valence-electron chi connectivity index (χ2n) is 5.58. The Morgan fingerprint density at radius 3 is 2.62 bits per heavy atom. The second kappa shape index (κ2) is 8.37. The Bertz CT molecular complexity index is 442. The quantitative estimate of drug-likeness (QED) is 0.788. The summed E-state index contributed by atoms with van der Waals surface area (Å²) in [6, 6.07) is 7.35. The molecule has 0 saturated carbocycles. The summed E-state index contributed by atoms with van der Waals surface area (Å²) in [6.07, 6.45) is 2.95. The summed E-state index contributed by atoms with van der Waals surface area (Å²) in [5, 5.41) is 13.1. The van der Waals surface area contributed by atoms with E-state index in [-0.39, 0.29) is 12.0 Å². The number of halogens is 1. The fourth-order valence-electron chi connectivity index (χ4n) is 2.52. The number of aliphatic hydroxyl groups is 1. The number of hydrogen-bond donors (Lipinski definition) is 2. The number of likely N-dealkylation sites (tertiary alicyclic amines) is 1. The van der Waals surface area contributed by atoms with Crippen molar-refractivity contribution < 1.29 is 9.90 Å². The number of nitrogens with zero attached hydrogens (tertiary/aromatic N) is 1. The van der Waals surface area contributed by atoms with Gasteiger partial charge in [-0.05, 0) is 43.5 Å². The van der Waals surface area contributed by atoms with E-state index in [1.165, 1.54) is 0 Å². The first-order chi connectivity index (χ1) is 10.1. The van der Waals surface area contributed by atoms with E-state index in [1.54, 1.807) is 12.1 Å². The first-order valence-corrected chi connectivity index (χ1v) is 7.93. The smallest absolute Gasteiger partial charge is 0.224 e. The van der Waals surface area contributed by atoms with Crippen LogP contribution in [0.1, 0.15) is 24.8 Å². The van der Waals surface area contributed by atoms with Crippen molar-refractivity contribution in [2.45, 2.75) is 31.8 Å². The van der Waals surface area contributed by atoms with Gasteiger partial charge in [0.25, 0.3) is 0 Å². The van der Waals surface area contributed by atoms with Gasteiger partial charge in [0.05, 0.1) is 12.5 Å². The van der Waals surface area contributed by atoms with Gasteiger partial charge < -0.3 is 15.3 Å². The van der Waals surface area contributed by atoms with Crippen LogP contribution >= 0.6 is 11.6 Å². The van der Waals surface area contributed by atoms with Crippen molar-refractivity contribution in [3.8, 4) is 0 Å². The molecule has 1 saturated heterocycles. The van der Waals surface area contributed by atoms with Crippen LogP contribution in [0.3, 0.4) is 0 Å². The summed E-state index contributed by atoms with van der Waals surface area (Å²) < 4.78 is 0. The molecule has 21 heavy (non-hydrogen) atoms. The molecule has 0 spiro atoms. The first kappa shape index (κ1) is 16.3. The van der Waals surface area contributed by atoms with E-state index >= 15 is 0 Å². The van der Waals surface area contributed by atoms with Gasteiger partial charge in [-0.3, -0.25) is 4.79 Å². The molecule has 5 heteroatoms. The molecule has 0 atom stereocenters. The van der Waals surface area contributed by atoms with Crippen LogP contribution in [-0.2, 0) is 11.2 Å². The third-order valence-electron chi connectivity index (χ3n) is 3.81. The number of aliphatic hydroxyl groups excluding tert-OH is 1. The topological polar surface area (TPSA) is 52.6 Å². The molecular formula is C16H23ClN2O2. The minimum Gasteiger partial charge on any atom is -0.393 e. The maximum absolute atomic E-state index is 11.8. The van der Waals surface area contributed by atoms with Gasteiger partial charge in [-0.2, -0.15) is 0 Å². The molecule has 0 bridgehead atoms. The van der Waals surface area contributed by atoms with E-state index in [0.717, 1.165) is 44.5 Å². The minimum atomic E-state index is -0.125. The zero-order chi connectivity index (χ0) is 15.1. The molecule has 1 aliphatic rings. The number of carbonyl (C=O) groups excluding carboxylic acids is 1. The van der Waals surface area contributed by atoms with Crippen molar-refractivity contribution in [1.82, 2.24) is 10.2 Å². The number of nitrogens with one attached hydrogen (secondary N) is 1. The Hall–Kier alpha value is -1.10. The van der Waals surface area contributed by atoms with Crippen molar-refractivity contribution in [1.29, 1.82) is 0 Å². The molecule has 0 aliphatic carbocycles. The number of benzene rings is 1. The second-order valence-corrected chi connectivity index (χ2v) is 6.02. The van der Waals surface area contributed by atoms with Gasteiger partial charge in [0.1, 0.15) is 0 Å². The van der Waals surface area contributed by atoms with Gasteiger partial charge in [-0.25, -0.2) is 0 Å². The lowest BCUT2D eigenvalue weighted by atomic mass is 10.1. The molecule has 1 aromatic rings. The van der Waals surface area contributed by atoms with Gasteiger partial charge in [0.15, 0.2) is 0 Å². The van der Waals surface area contributed by atoms with Crippen LogP contribution < -0.4 is 5.32 Å². The summed E-state index contributed by atoms with van der Waals surface area (Å²) in [6.45, 7) is 3.60. The minimum absolute atomic E-state index is 0.0476. The monoisotopic (exact) mass is 310 g/mol. The lowest BCUT2D eigenvalue weighted by molar-refractivity contribution is -0.120. The Balaban J connectivity index is 1.58. The molecule has 1 heterocycles. The fraction of sp³-hybridized carbons (Fsp3) is 0.562. The van der Waals surface area contributed by atoms with Crippen molar-refractivity contribution in [3.05, 3.63) is 34.9 Å². The number of carbonyl (C=O) groups is 1. The molecule has 1 fully saturated rings. The standard InChI is InChI=1S/C16H23ClN2O2/c17-14-4-2-13(3-5-14)12-16(21)18-8-1-9-19-10-6-15(20)7-11-19/h2-5,15,20H,1,6-12H2,(H,18,21). The Morgan fingerprint density at radius 1 is 1.29 bits per heavy atom. The fourth-order valence-corrected chi connectivity index (χ4v) is 2.65. The molecule has 116 valence electrons. The van der Waals surface area contributed by atoms with Crippen LogP contribution in [0.25, 0.3) is 0 Å². The van der Waals surface area contributed by atoms with Gasteiger partial charge >= 0.3 is 0 Å². The molecule has 0 radical (unpaired) electrons. The largest absolute Gasteiger partial charge is 0.393 e. The van der Waals surface area contributed by atoms with Crippen LogP contribution in [0.15, 0.2) is 24.3 Å². The molecule has 4 nitrogen and oxygen atoms in total. The zero-order valence-corrected chi connectivity index (χ0v) is 13.0. The number of piperidine rings is 1. The highest BCUT2D eigenvalue weighted by atomic mass is 35.5. The summed E-state index contributed by atoms with van der Waals surface area (Å²) in [5.74, 6) is 0.0476. The first-order valence-electron chi connectivity index (χ1n) is 7.55. The lowest BCUT2D eigenvalue weighted by Gasteiger charge is -2.29. The van der Waals surface area contributed by atoms with Crippen LogP contribution in [0.4, 0.5) is 0 Å². The van der Waals surface area contributed by atoms with Gasteiger partial charge in [-0.15, -0.1) is 0 Å². The normalized spacial score (nSPS) is 16.9. The van der Waals surface area contributed by atoms with Gasteiger partial charge in [0, 0.05) is 24.7 Å². The summed E-state index contributed by atoms with van der Waals surface area (Å²) in [7, 11) is 0. The van der Waals surface area contributed by atoms with Gasteiger partial charge in [-0.1, -0.05) is 23.7 Å². The Labute approximate surface area is 131 Å². The molecule has 1 aliphatic heterocycles. The van der Waals surface area contributed by atoms with Crippen LogP contribution in [0, 0.1) is 0 Å². The highest BCUT2D eigenvalue weighted by molar-refractivity contribution is 6.30. The van der Waals surface area contributed by atoms with E-state index in [1.807, 2.05) is 12.1 Å². The maximum Gasteiger partial charge on any atom is 0.224 e. The van der Waals surface area contributed by atoms with Crippen LogP contribution in [0.2, 0.25) is 5.02 Å². The Kier molecular flexibility index (Phi) is 6.49. The molecule has 1 amide bonds. The molecule has 2 rings (SSSR count). The summed E-state index contributed by atoms with van der Waals surface area (Å²) in [4.78, 5) is 14.1. The average Bonchev–Trinajstić information content (AvgIpc) is 2.48. The molecule has 0 unspecified atom stereocenters. The predicted molar refractivity (Wildman–Crippen MR) is 84.5 cm³/mol. The van der Waals surface area contributed by atoms with Crippen molar-refractivity contribution in [2.24, 2.45) is 0 Å². The van der Waals surface area contributed by atoms with E-state index in [2.05, 4.69) is 10.2 Å². The molecule has 2 N–H and O–H groups in total. The average molecular weight is 311 g/mol. The van der Waals surface area contributed by atoms with E-state index < -0.39 is 0 Å². The van der Waals surface area contributed by atoms with Crippen molar-refractivity contribution in [3.63, 3.8) is 0 Å². The van der Waals surface area contributed by atoms with Crippen molar-refractivity contribution in [2.75, 3.05) is 26.2 Å². The maximum atomic E-state index is 11.8. The van der Waals surface area contributed by atoms with E-state index in [9.17, 15) is 9.90 Å². The van der Waals surface area contributed by atoms with Crippen molar-refractivity contribution >= 4 is 17.5 Å². The van der Waals surface area contributed by atoms with E-state index in [0.29, 0.717) is 18.0 Å². The number of amides is 1. The predicted octanol–water partition coefficient (Wildman–Crippen LogP) is 1.85. The highest BCUT2D eigenvalue weighted by Crippen LogP contribution is 2.10. The molecular weight excluding hydrogens is 288 g/mol. The third kappa shape index (κ3) is 6.04. The van der Waals surface area contributed by atoms with E-state index in [4.69, 9.17) is 11.6 Å². The summed E-state index contributed by atoms with van der Waals surface area (Å²) >= 11 is 5.81. The SMILES string of the molecule is O=C(Cc1ccc(Cl)cc1)NCCCN1CCC(O)CC1. The lowest BCUT2D eigenvalue weighted by Crippen LogP contribution is -2.37. The Morgan fingerprint density at radius 2 is 1.95 bits per heavy atom. The number of rotatable bonds is 6. The molecule has 1 aromatic carbocycles. The third-order valence-corrected chi connectivity index (χ3v) is 4.06.